The Morgan fingerprint density at radius 2 is 1.78 bits per heavy atom. The summed E-state index contributed by atoms with van der Waals surface area (Å²) in [5.41, 5.74) is 1.91. The summed E-state index contributed by atoms with van der Waals surface area (Å²) >= 11 is 0.751. The number of nitrogens with one attached hydrogen (secondary N) is 1. The summed E-state index contributed by atoms with van der Waals surface area (Å²) in [5.74, 6) is -0.158. The van der Waals surface area contributed by atoms with Crippen molar-refractivity contribution in [2.75, 3.05) is 21.3 Å². The van der Waals surface area contributed by atoms with Crippen LogP contribution in [0.15, 0.2) is 74.6 Å². The van der Waals surface area contributed by atoms with Crippen LogP contribution in [0.2, 0.25) is 0 Å². The lowest BCUT2D eigenvalue weighted by Gasteiger charge is -2.14. The van der Waals surface area contributed by atoms with Crippen molar-refractivity contribution in [1.29, 1.82) is 0 Å². The fraction of sp³-hybridized carbons (Fsp3) is 0.200. The van der Waals surface area contributed by atoms with E-state index in [9.17, 15) is 13.5 Å². The van der Waals surface area contributed by atoms with E-state index in [0.717, 1.165) is 41.1 Å². The van der Waals surface area contributed by atoms with E-state index < -0.39 is 10.1 Å². The molecule has 0 unspecified atom stereocenters. The molecule has 0 aromatic heterocycles. The van der Waals surface area contributed by atoms with Gasteiger partial charge in [0.15, 0.2) is 5.75 Å². The number of azo groups is 1. The number of fused-ring (bicyclic) bond motifs is 2. The van der Waals surface area contributed by atoms with Crippen LogP contribution in [0.25, 0.3) is 21.5 Å². The van der Waals surface area contributed by atoms with Crippen molar-refractivity contribution < 1.29 is 32.0 Å². The van der Waals surface area contributed by atoms with Crippen molar-refractivity contribution in [3.05, 3.63) is 65.7 Å². The van der Waals surface area contributed by atoms with E-state index in [-0.39, 0.29) is 22.0 Å². The largest absolute Gasteiger partial charge is 0.505 e. The lowest BCUT2D eigenvalue weighted by atomic mass is 10.0. The first-order valence-corrected chi connectivity index (χ1v) is 13.2. The number of hydrogen-bond donors (Lipinski definition) is 2. The van der Waals surface area contributed by atoms with Gasteiger partial charge in [-0.1, -0.05) is 47.0 Å². The van der Waals surface area contributed by atoms with Crippen molar-refractivity contribution in [2.45, 2.75) is 23.3 Å². The topological polar surface area (TPSA) is 128 Å². The lowest BCUT2D eigenvalue weighted by molar-refractivity contribution is -0.447. The van der Waals surface area contributed by atoms with E-state index in [4.69, 9.17) is 8.52 Å². The molecular formula is C25H25N3O7S2. The third kappa shape index (κ3) is 5.60. The quantitative estimate of drug-likeness (QED) is 0.0618. The number of benzene rings is 4. The van der Waals surface area contributed by atoms with Gasteiger partial charge < -0.3 is 10.4 Å². The van der Waals surface area contributed by atoms with Gasteiger partial charge in [-0.3, -0.25) is 4.18 Å². The highest BCUT2D eigenvalue weighted by Gasteiger charge is 2.24. The van der Waals surface area contributed by atoms with Crippen molar-refractivity contribution in [3.63, 3.8) is 0 Å². The normalized spacial score (nSPS) is 12.2. The second-order valence-electron chi connectivity index (χ2n) is 7.96. The molecule has 0 heterocycles. The van der Waals surface area contributed by atoms with Gasteiger partial charge in [0.2, 0.25) is 0 Å². The molecule has 0 spiro atoms. The monoisotopic (exact) mass is 543 g/mol. The number of aromatic hydroxyl groups is 1. The third-order valence-electron chi connectivity index (χ3n) is 5.57. The second-order valence-corrected chi connectivity index (χ2v) is 10.4. The van der Waals surface area contributed by atoms with Crippen LogP contribution in [0.5, 0.6) is 5.75 Å². The minimum Gasteiger partial charge on any atom is -0.505 e. The minimum atomic E-state index is -4.18. The molecule has 12 heteroatoms. The average Bonchev–Trinajstić information content (AvgIpc) is 2.88. The molecule has 0 atom stereocenters. The van der Waals surface area contributed by atoms with Crippen LogP contribution in [0.1, 0.15) is 11.1 Å². The molecule has 37 heavy (non-hydrogen) atoms. The fourth-order valence-electron chi connectivity index (χ4n) is 4.03. The van der Waals surface area contributed by atoms with Crippen molar-refractivity contribution in [1.82, 2.24) is 5.32 Å². The predicted octanol–water partition coefficient (Wildman–Crippen LogP) is 5.99. The highest BCUT2D eigenvalue weighted by molar-refractivity contribution is 7.94. The Labute approximate surface area is 218 Å². The van der Waals surface area contributed by atoms with E-state index in [2.05, 4.69) is 25.5 Å². The molecule has 194 valence electrons. The first-order chi connectivity index (χ1) is 17.8. The summed E-state index contributed by atoms with van der Waals surface area (Å²) in [7, 11) is 0.00390. The van der Waals surface area contributed by atoms with Gasteiger partial charge >= 0.3 is 0 Å². The molecule has 4 rings (SSSR count). The first kappa shape index (κ1) is 26.9. The summed E-state index contributed by atoms with van der Waals surface area (Å²) in [6.45, 7) is 2.43. The molecule has 0 amide bonds. The fourth-order valence-corrected chi connectivity index (χ4v) is 5.55. The Kier molecular flexibility index (Phi) is 8.39. The molecule has 0 aliphatic heterocycles. The summed E-state index contributed by atoms with van der Waals surface area (Å²) in [5, 5.41) is 29.5. The molecule has 0 saturated heterocycles. The maximum atomic E-state index is 13.1. The minimum absolute atomic E-state index is 0.0490. The van der Waals surface area contributed by atoms with Crippen LogP contribution >= 0.6 is 12.0 Å². The van der Waals surface area contributed by atoms with Crippen LogP contribution < -0.4 is 5.32 Å². The molecule has 0 aliphatic rings. The molecule has 4 aromatic carbocycles. The summed E-state index contributed by atoms with van der Waals surface area (Å²) in [6, 6.07) is 16.0. The summed E-state index contributed by atoms with van der Waals surface area (Å²) < 4.78 is 35.9. The maximum Gasteiger partial charge on any atom is 0.299 e. The molecule has 0 bridgehead atoms. The number of phenolic OH excluding ortho intramolecular Hbond substituents is 1. The number of phenols is 1. The molecular weight excluding hydrogens is 518 g/mol. The SMILES string of the molecule is CNCc1cc(C)cc2c(S(=O)(=O)OC)c(N=Nc3c(SOOOC)cc4ccccc4c3O)ccc12. The number of hydrogen-bond acceptors (Lipinski definition) is 11. The van der Waals surface area contributed by atoms with Crippen LogP contribution in [0, 0.1) is 6.92 Å². The number of rotatable bonds is 10. The zero-order valence-electron chi connectivity index (χ0n) is 20.5. The Balaban J connectivity index is 1.93. The standard InChI is InChI=1S/C25H25N3O7S2/c1-15-11-17(14-26-2)18-9-10-21(25(20(18)12-15)37(30,31)33-4)27-28-23-22(36-35-34-32-3)13-16-7-5-6-8-19(16)24(23)29/h5-13,26,29H,14H2,1-4H3. The molecule has 4 aromatic rings. The van der Waals surface area contributed by atoms with E-state index >= 15 is 0 Å². The van der Waals surface area contributed by atoms with E-state index in [1.165, 1.54) is 7.11 Å². The number of aryl methyl sites for hydroxylation is 1. The van der Waals surface area contributed by atoms with Crippen LogP contribution in [0.3, 0.4) is 0 Å². The highest BCUT2D eigenvalue weighted by atomic mass is 32.2. The Hall–Kier alpha value is -3.10. The molecule has 0 fully saturated rings. The molecule has 0 radical (unpaired) electrons. The van der Waals surface area contributed by atoms with Gasteiger partial charge in [0.05, 0.1) is 31.2 Å². The highest BCUT2D eigenvalue weighted by Crippen LogP contribution is 2.45. The van der Waals surface area contributed by atoms with E-state index in [1.807, 2.05) is 32.2 Å². The van der Waals surface area contributed by atoms with Crippen LogP contribution in [-0.2, 0) is 35.1 Å². The van der Waals surface area contributed by atoms with Gasteiger partial charge in [-0.15, -0.1) is 14.6 Å². The molecule has 10 nitrogen and oxygen atoms in total. The van der Waals surface area contributed by atoms with Gasteiger partial charge in [-0.05, 0) is 48.5 Å². The Bertz CT molecular complexity index is 1590. The smallest absolute Gasteiger partial charge is 0.299 e. The lowest BCUT2D eigenvalue weighted by Crippen LogP contribution is -2.08. The van der Waals surface area contributed by atoms with Gasteiger partial charge in [0.1, 0.15) is 16.3 Å². The summed E-state index contributed by atoms with van der Waals surface area (Å²) in [6.07, 6.45) is 0. The Morgan fingerprint density at radius 1 is 1.00 bits per heavy atom. The average molecular weight is 544 g/mol. The third-order valence-corrected chi connectivity index (χ3v) is 7.55. The zero-order valence-corrected chi connectivity index (χ0v) is 22.1. The molecule has 0 aliphatic carbocycles. The van der Waals surface area contributed by atoms with Gasteiger partial charge in [-0.25, -0.2) is 4.89 Å². The second kappa shape index (κ2) is 11.5. The van der Waals surface area contributed by atoms with Crippen molar-refractivity contribution in [2.24, 2.45) is 10.2 Å². The Morgan fingerprint density at radius 3 is 2.51 bits per heavy atom. The van der Waals surface area contributed by atoms with Gasteiger partial charge in [0, 0.05) is 17.3 Å². The van der Waals surface area contributed by atoms with Crippen LogP contribution in [-0.4, -0.2) is 34.8 Å². The predicted molar refractivity (Wildman–Crippen MR) is 140 cm³/mol. The zero-order chi connectivity index (χ0) is 26.6. The van der Waals surface area contributed by atoms with Crippen LogP contribution in [0.4, 0.5) is 11.4 Å². The molecule has 2 N–H and O–H groups in total. The first-order valence-electron chi connectivity index (χ1n) is 11.0. The van der Waals surface area contributed by atoms with E-state index in [0.29, 0.717) is 22.2 Å². The van der Waals surface area contributed by atoms with Crippen molar-refractivity contribution >= 4 is 55.1 Å². The molecule has 0 saturated carbocycles. The maximum absolute atomic E-state index is 13.1. The summed E-state index contributed by atoms with van der Waals surface area (Å²) in [4.78, 5) is 4.69. The van der Waals surface area contributed by atoms with Gasteiger partial charge in [-0.2, -0.15) is 8.42 Å². The van der Waals surface area contributed by atoms with Crippen molar-refractivity contribution in [3.8, 4) is 5.75 Å². The van der Waals surface area contributed by atoms with E-state index in [1.54, 1.807) is 36.4 Å². The number of nitrogens with zero attached hydrogens (tertiary/aromatic N) is 2. The van der Waals surface area contributed by atoms with Gasteiger partial charge in [0.25, 0.3) is 10.1 Å².